The molecule has 6 heteroatoms. The van der Waals surface area contributed by atoms with Crippen molar-refractivity contribution in [3.8, 4) is 5.75 Å². The van der Waals surface area contributed by atoms with Crippen LogP contribution in [0.25, 0.3) is 0 Å². The third-order valence-electron chi connectivity index (χ3n) is 2.93. The largest absolute Gasteiger partial charge is 0.493 e. The number of urea groups is 1. The van der Waals surface area contributed by atoms with E-state index in [4.69, 9.17) is 10.5 Å². The van der Waals surface area contributed by atoms with Crippen LogP contribution >= 0.6 is 0 Å². The van der Waals surface area contributed by atoms with Crippen LogP contribution in [0.1, 0.15) is 18.9 Å². The van der Waals surface area contributed by atoms with Crippen LogP contribution in [0.5, 0.6) is 5.75 Å². The zero-order chi connectivity index (χ0) is 15.7. The molecule has 0 saturated carbocycles. The van der Waals surface area contributed by atoms with Crippen molar-refractivity contribution in [2.45, 2.75) is 20.3 Å². The Bertz CT molecular complexity index is 477. The number of amides is 3. The predicted octanol–water partition coefficient (Wildman–Crippen LogP) is 1.28. The summed E-state index contributed by atoms with van der Waals surface area (Å²) in [5.74, 6) is 0.534. The minimum absolute atomic E-state index is 0.223. The molecule has 21 heavy (non-hydrogen) atoms. The second kappa shape index (κ2) is 8.97. The Morgan fingerprint density at radius 1 is 1.33 bits per heavy atom. The van der Waals surface area contributed by atoms with Crippen molar-refractivity contribution < 1.29 is 14.3 Å². The highest BCUT2D eigenvalue weighted by atomic mass is 16.5. The number of nitrogens with zero attached hydrogens (tertiary/aromatic N) is 1. The van der Waals surface area contributed by atoms with Gasteiger partial charge in [0.15, 0.2) is 0 Å². The molecule has 1 aromatic rings. The molecule has 0 unspecified atom stereocenters. The number of rotatable bonds is 7. The van der Waals surface area contributed by atoms with E-state index in [-0.39, 0.29) is 19.0 Å². The van der Waals surface area contributed by atoms with Gasteiger partial charge >= 0.3 is 6.03 Å². The fourth-order valence-corrected chi connectivity index (χ4v) is 1.79. The summed E-state index contributed by atoms with van der Waals surface area (Å²) in [5.41, 5.74) is 6.44. The van der Waals surface area contributed by atoms with Crippen LogP contribution in [0.4, 0.5) is 4.79 Å². The van der Waals surface area contributed by atoms with Crippen LogP contribution in [-0.4, -0.2) is 43.1 Å². The Morgan fingerprint density at radius 2 is 2.05 bits per heavy atom. The maximum absolute atomic E-state index is 11.8. The van der Waals surface area contributed by atoms with Crippen molar-refractivity contribution in [2.75, 3.05) is 26.2 Å². The van der Waals surface area contributed by atoms with Crippen LogP contribution in [0.3, 0.4) is 0 Å². The monoisotopic (exact) mass is 293 g/mol. The summed E-state index contributed by atoms with van der Waals surface area (Å²) in [5, 5.41) is 2.68. The Labute approximate surface area is 125 Å². The minimum atomic E-state index is -0.413. The molecule has 3 amide bonds. The molecule has 0 aromatic heterocycles. The quantitative estimate of drug-likeness (QED) is 0.742. The number of ether oxygens (including phenoxy) is 1. The van der Waals surface area contributed by atoms with E-state index in [2.05, 4.69) is 5.32 Å². The number of imide groups is 1. The molecule has 0 heterocycles. The number of nitrogens with one attached hydrogen (secondary N) is 1. The number of carbonyl (C=O) groups excluding carboxylic acids is 2. The van der Waals surface area contributed by atoms with Gasteiger partial charge in [-0.05, 0) is 25.0 Å². The number of hydrogen-bond donors (Lipinski definition) is 2. The molecule has 0 aliphatic rings. The van der Waals surface area contributed by atoms with E-state index in [0.29, 0.717) is 19.6 Å². The molecule has 0 aliphatic heterocycles. The van der Waals surface area contributed by atoms with Crippen molar-refractivity contribution >= 4 is 11.9 Å². The Hall–Kier alpha value is -2.08. The van der Waals surface area contributed by atoms with Crippen molar-refractivity contribution in [1.82, 2.24) is 10.2 Å². The van der Waals surface area contributed by atoms with Crippen LogP contribution in [0.15, 0.2) is 24.3 Å². The average molecular weight is 293 g/mol. The summed E-state index contributed by atoms with van der Waals surface area (Å²) in [4.78, 5) is 24.1. The summed E-state index contributed by atoms with van der Waals surface area (Å²) >= 11 is 0. The van der Waals surface area contributed by atoms with Crippen LogP contribution in [0, 0.1) is 6.92 Å². The maximum Gasteiger partial charge on any atom is 0.324 e. The Balaban J connectivity index is 2.26. The molecule has 6 nitrogen and oxygen atoms in total. The van der Waals surface area contributed by atoms with Gasteiger partial charge in [-0.25, -0.2) is 4.79 Å². The van der Waals surface area contributed by atoms with Crippen molar-refractivity contribution in [1.29, 1.82) is 0 Å². The van der Waals surface area contributed by atoms with Gasteiger partial charge in [-0.2, -0.15) is 0 Å². The fraction of sp³-hybridized carbons (Fsp3) is 0.467. The molecule has 3 N–H and O–H groups in total. The normalized spacial score (nSPS) is 10.0. The number of nitrogens with two attached hydrogens (primary N) is 1. The first-order valence-corrected chi connectivity index (χ1v) is 7.00. The third-order valence-corrected chi connectivity index (χ3v) is 2.93. The SMILES string of the molecule is CC(=O)N(CCN)C(=O)NCCCOc1ccccc1C. The zero-order valence-electron chi connectivity index (χ0n) is 12.6. The van der Waals surface area contributed by atoms with E-state index in [1.165, 1.54) is 6.92 Å². The van der Waals surface area contributed by atoms with Gasteiger partial charge < -0.3 is 15.8 Å². The number of hydrogen-bond acceptors (Lipinski definition) is 4. The average Bonchev–Trinajstić information content (AvgIpc) is 2.45. The van der Waals surface area contributed by atoms with Gasteiger partial charge in [0.1, 0.15) is 5.75 Å². The highest BCUT2D eigenvalue weighted by Gasteiger charge is 2.15. The lowest BCUT2D eigenvalue weighted by atomic mass is 10.2. The van der Waals surface area contributed by atoms with Gasteiger partial charge in [-0.3, -0.25) is 9.69 Å². The van der Waals surface area contributed by atoms with Gasteiger partial charge in [0.05, 0.1) is 6.61 Å². The summed E-state index contributed by atoms with van der Waals surface area (Å²) in [6.45, 7) is 4.75. The van der Waals surface area contributed by atoms with E-state index in [1.54, 1.807) is 0 Å². The summed E-state index contributed by atoms with van der Waals surface area (Å²) in [6, 6.07) is 7.35. The lowest BCUT2D eigenvalue weighted by molar-refractivity contribution is -0.125. The summed E-state index contributed by atoms with van der Waals surface area (Å²) < 4.78 is 5.62. The predicted molar refractivity (Wildman–Crippen MR) is 81.1 cm³/mol. The van der Waals surface area contributed by atoms with Gasteiger partial charge in [-0.1, -0.05) is 18.2 Å². The molecule has 0 radical (unpaired) electrons. The highest BCUT2D eigenvalue weighted by Crippen LogP contribution is 2.15. The van der Waals surface area contributed by atoms with Crippen molar-refractivity contribution in [2.24, 2.45) is 5.73 Å². The van der Waals surface area contributed by atoms with Gasteiger partial charge in [0.2, 0.25) is 5.91 Å². The lowest BCUT2D eigenvalue weighted by Crippen LogP contribution is -2.45. The van der Waals surface area contributed by atoms with Crippen LogP contribution in [0.2, 0.25) is 0 Å². The molecule has 116 valence electrons. The molecule has 0 atom stereocenters. The number of aryl methyl sites for hydroxylation is 1. The summed E-state index contributed by atoms with van der Waals surface area (Å²) in [6.07, 6.45) is 0.661. The molecular weight excluding hydrogens is 270 g/mol. The first kappa shape index (κ1) is 17.0. The van der Waals surface area contributed by atoms with E-state index in [1.807, 2.05) is 31.2 Å². The number of para-hydroxylation sites is 1. The maximum atomic E-state index is 11.8. The molecule has 1 rings (SSSR count). The van der Waals surface area contributed by atoms with E-state index in [0.717, 1.165) is 16.2 Å². The Kier molecular flexibility index (Phi) is 7.25. The molecule has 0 spiro atoms. The third kappa shape index (κ3) is 5.83. The van der Waals surface area contributed by atoms with E-state index < -0.39 is 6.03 Å². The molecule has 0 bridgehead atoms. The molecule has 0 aliphatic carbocycles. The lowest BCUT2D eigenvalue weighted by Gasteiger charge is -2.18. The highest BCUT2D eigenvalue weighted by molar-refractivity contribution is 5.93. The molecular formula is C15H23N3O3. The molecule has 0 fully saturated rings. The molecule has 1 aromatic carbocycles. The van der Waals surface area contributed by atoms with Gasteiger partial charge in [-0.15, -0.1) is 0 Å². The minimum Gasteiger partial charge on any atom is -0.493 e. The van der Waals surface area contributed by atoms with Crippen LogP contribution in [-0.2, 0) is 4.79 Å². The number of carbonyl (C=O) groups is 2. The number of benzene rings is 1. The second-order valence-electron chi connectivity index (χ2n) is 4.66. The van der Waals surface area contributed by atoms with Crippen molar-refractivity contribution in [3.05, 3.63) is 29.8 Å². The van der Waals surface area contributed by atoms with Crippen LogP contribution < -0.4 is 15.8 Å². The standard InChI is InChI=1S/C15H23N3O3/c1-12-6-3-4-7-14(12)21-11-5-9-17-15(20)18(10-8-16)13(2)19/h3-4,6-7H,5,8-11,16H2,1-2H3,(H,17,20). The smallest absolute Gasteiger partial charge is 0.324 e. The topological polar surface area (TPSA) is 84.7 Å². The first-order chi connectivity index (χ1) is 10.1. The second-order valence-corrected chi connectivity index (χ2v) is 4.66. The zero-order valence-corrected chi connectivity index (χ0v) is 12.6. The summed E-state index contributed by atoms with van der Waals surface area (Å²) in [7, 11) is 0. The van der Waals surface area contributed by atoms with Gasteiger partial charge in [0.25, 0.3) is 0 Å². The Morgan fingerprint density at radius 3 is 2.67 bits per heavy atom. The van der Waals surface area contributed by atoms with Gasteiger partial charge in [0, 0.05) is 26.6 Å². The van der Waals surface area contributed by atoms with E-state index in [9.17, 15) is 9.59 Å². The molecule has 0 saturated heterocycles. The first-order valence-electron chi connectivity index (χ1n) is 7.00. The fourth-order valence-electron chi connectivity index (χ4n) is 1.79. The van der Waals surface area contributed by atoms with Crippen molar-refractivity contribution in [3.63, 3.8) is 0 Å². The van der Waals surface area contributed by atoms with E-state index >= 15 is 0 Å².